The second kappa shape index (κ2) is 9.53. The Balaban J connectivity index is 1.45. The number of imidazole rings is 1. The molecule has 0 radical (unpaired) electrons. The predicted octanol–water partition coefficient (Wildman–Crippen LogP) is 5.17. The fraction of sp³-hybridized carbons (Fsp3) is 0.172. The summed E-state index contributed by atoms with van der Waals surface area (Å²) in [5.74, 6) is -0.251. The third-order valence-electron chi connectivity index (χ3n) is 6.59. The minimum Gasteiger partial charge on any atom is -0.384 e. The highest BCUT2D eigenvalue weighted by molar-refractivity contribution is 5.80. The first-order valence-corrected chi connectivity index (χ1v) is 11.7. The first-order valence-electron chi connectivity index (χ1n) is 11.7. The van der Waals surface area contributed by atoms with Crippen molar-refractivity contribution < 1.29 is 19.4 Å². The van der Waals surface area contributed by atoms with Crippen LogP contribution in [-0.4, -0.2) is 31.5 Å². The number of hydrogen-bond acceptors (Lipinski definition) is 4. The summed E-state index contributed by atoms with van der Waals surface area (Å²) in [6.45, 7) is 1.64. The number of halogens is 1. The summed E-state index contributed by atoms with van der Waals surface area (Å²) >= 11 is 0. The highest BCUT2D eigenvalue weighted by atomic mass is 19.1. The Kier molecular flexibility index (Phi) is 6.26. The standard InChI is InChI=1S/C29H26FN3O3/c1-29(36,22-6-2-4-18(14-22)5-3-13-34)26-17-32-28(33-26)23-16-21(7-9-24(23)30)27(35)20-8-10-25-19(15-20)11-12-31-25/h2,4,6-17,27,31,35-36H,3,5H2,1H3,(H,32,33). The number of H-pyrrole nitrogens is 2. The molecule has 7 heteroatoms. The molecule has 3 aromatic carbocycles. The van der Waals surface area contributed by atoms with Gasteiger partial charge in [-0.2, -0.15) is 0 Å². The summed E-state index contributed by atoms with van der Waals surface area (Å²) in [6, 6.07) is 19.4. The van der Waals surface area contributed by atoms with Crippen molar-refractivity contribution in [3.63, 3.8) is 0 Å². The second-order valence-corrected chi connectivity index (χ2v) is 9.09. The molecule has 5 aromatic rings. The molecule has 0 aliphatic rings. The number of aldehydes is 1. The molecule has 2 atom stereocenters. The first kappa shape index (κ1) is 23.7. The number of aromatic amines is 2. The third kappa shape index (κ3) is 4.46. The topological polar surface area (TPSA) is 102 Å². The van der Waals surface area contributed by atoms with Gasteiger partial charge in [-0.1, -0.05) is 36.4 Å². The van der Waals surface area contributed by atoms with E-state index in [0.29, 0.717) is 35.2 Å². The van der Waals surface area contributed by atoms with E-state index in [2.05, 4.69) is 15.0 Å². The molecule has 2 heterocycles. The average Bonchev–Trinajstić information content (AvgIpc) is 3.57. The quantitative estimate of drug-likeness (QED) is 0.229. The minimum atomic E-state index is -1.41. The van der Waals surface area contributed by atoms with Gasteiger partial charge >= 0.3 is 0 Å². The molecule has 0 aliphatic carbocycles. The van der Waals surface area contributed by atoms with Gasteiger partial charge in [0, 0.05) is 18.1 Å². The van der Waals surface area contributed by atoms with Gasteiger partial charge in [-0.3, -0.25) is 0 Å². The van der Waals surface area contributed by atoms with Crippen LogP contribution in [0.25, 0.3) is 22.3 Å². The maximum atomic E-state index is 14.9. The molecule has 0 aliphatic heterocycles. The summed E-state index contributed by atoms with van der Waals surface area (Å²) < 4.78 is 14.9. The van der Waals surface area contributed by atoms with Crippen LogP contribution >= 0.6 is 0 Å². The van der Waals surface area contributed by atoms with E-state index in [1.807, 2.05) is 48.7 Å². The van der Waals surface area contributed by atoms with E-state index < -0.39 is 17.5 Å². The smallest absolute Gasteiger partial charge is 0.140 e. The van der Waals surface area contributed by atoms with Crippen LogP contribution in [0.4, 0.5) is 4.39 Å². The number of hydrogen-bond donors (Lipinski definition) is 4. The Hall–Kier alpha value is -4.07. The maximum Gasteiger partial charge on any atom is 0.140 e. The highest BCUT2D eigenvalue weighted by Crippen LogP contribution is 2.33. The summed E-state index contributed by atoms with van der Waals surface area (Å²) in [4.78, 5) is 21.2. The SMILES string of the molecule is CC(O)(c1cccc(CCC=O)c1)c1cnc(-c2cc(C(O)c3ccc4[nH]ccc4c3)ccc2F)[nH]1. The maximum absolute atomic E-state index is 14.9. The molecule has 0 saturated carbocycles. The van der Waals surface area contributed by atoms with Crippen molar-refractivity contribution in [3.8, 4) is 11.4 Å². The number of carbonyl (C=O) groups excluding carboxylic acids is 1. The van der Waals surface area contributed by atoms with Crippen molar-refractivity contribution >= 4 is 17.2 Å². The summed E-state index contributed by atoms with van der Waals surface area (Å²) in [7, 11) is 0. The molecule has 182 valence electrons. The second-order valence-electron chi connectivity index (χ2n) is 9.09. The van der Waals surface area contributed by atoms with Gasteiger partial charge in [-0.15, -0.1) is 0 Å². The number of aryl methyl sites for hydroxylation is 1. The van der Waals surface area contributed by atoms with Gasteiger partial charge in [0.2, 0.25) is 0 Å². The van der Waals surface area contributed by atoms with Crippen molar-refractivity contribution in [2.45, 2.75) is 31.5 Å². The van der Waals surface area contributed by atoms with E-state index >= 15 is 0 Å². The van der Waals surface area contributed by atoms with Crippen LogP contribution in [0.1, 0.15) is 47.4 Å². The molecular weight excluding hydrogens is 457 g/mol. The van der Waals surface area contributed by atoms with Gasteiger partial charge < -0.3 is 25.0 Å². The van der Waals surface area contributed by atoms with Crippen molar-refractivity contribution in [1.29, 1.82) is 0 Å². The molecule has 2 unspecified atom stereocenters. The van der Waals surface area contributed by atoms with E-state index in [-0.39, 0.29) is 11.4 Å². The average molecular weight is 484 g/mol. The normalized spacial score (nSPS) is 14.0. The Morgan fingerprint density at radius 1 is 1.08 bits per heavy atom. The number of benzene rings is 3. The van der Waals surface area contributed by atoms with Crippen LogP contribution in [-0.2, 0) is 16.8 Å². The number of aromatic nitrogens is 3. The number of fused-ring (bicyclic) bond motifs is 1. The molecule has 2 aromatic heterocycles. The number of aliphatic hydroxyl groups is 2. The monoisotopic (exact) mass is 483 g/mol. The Bertz CT molecular complexity index is 1540. The molecular formula is C29H26FN3O3. The van der Waals surface area contributed by atoms with E-state index in [1.165, 1.54) is 12.3 Å². The Morgan fingerprint density at radius 2 is 1.89 bits per heavy atom. The molecule has 4 N–H and O–H groups in total. The molecule has 6 nitrogen and oxygen atoms in total. The van der Waals surface area contributed by atoms with E-state index in [4.69, 9.17) is 0 Å². The summed E-state index contributed by atoms with van der Waals surface area (Å²) in [6.07, 6.45) is 4.22. The van der Waals surface area contributed by atoms with Crippen LogP contribution in [0, 0.1) is 5.82 Å². The fourth-order valence-corrected chi connectivity index (χ4v) is 4.44. The molecule has 0 bridgehead atoms. The summed E-state index contributed by atoms with van der Waals surface area (Å²) in [5.41, 5.74) is 2.92. The molecule has 36 heavy (non-hydrogen) atoms. The van der Waals surface area contributed by atoms with Crippen molar-refractivity contribution in [2.75, 3.05) is 0 Å². The van der Waals surface area contributed by atoms with Crippen LogP contribution in [0.15, 0.2) is 79.1 Å². The molecule has 5 rings (SSSR count). The number of rotatable bonds is 8. The van der Waals surface area contributed by atoms with Crippen LogP contribution < -0.4 is 0 Å². The van der Waals surface area contributed by atoms with Crippen molar-refractivity contribution in [2.24, 2.45) is 0 Å². The zero-order valence-corrected chi connectivity index (χ0v) is 19.7. The number of nitrogens with one attached hydrogen (secondary N) is 2. The van der Waals surface area contributed by atoms with Gasteiger partial charge in [0.1, 0.15) is 29.6 Å². The van der Waals surface area contributed by atoms with Gasteiger partial charge in [0.05, 0.1) is 17.5 Å². The zero-order valence-electron chi connectivity index (χ0n) is 19.7. The van der Waals surface area contributed by atoms with Gasteiger partial charge in [-0.05, 0) is 71.3 Å². The highest BCUT2D eigenvalue weighted by Gasteiger charge is 2.29. The number of carbonyl (C=O) groups is 1. The minimum absolute atomic E-state index is 0.191. The van der Waals surface area contributed by atoms with Crippen LogP contribution in [0.3, 0.4) is 0 Å². The number of aliphatic hydroxyl groups excluding tert-OH is 1. The van der Waals surface area contributed by atoms with Crippen molar-refractivity contribution in [3.05, 3.63) is 113 Å². The van der Waals surface area contributed by atoms with Gasteiger partial charge in [0.15, 0.2) is 0 Å². The molecule has 0 saturated heterocycles. The Labute approximate surface area is 207 Å². The lowest BCUT2D eigenvalue weighted by atomic mass is 9.91. The third-order valence-corrected chi connectivity index (χ3v) is 6.59. The molecule has 0 fully saturated rings. The van der Waals surface area contributed by atoms with E-state index in [1.54, 1.807) is 25.1 Å². The van der Waals surface area contributed by atoms with Gasteiger partial charge in [-0.25, -0.2) is 9.37 Å². The fourth-order valence-electron chi connectivity index (χ4n) is 4.44. The van der Waals surface area contributed by atoms with Gasteiger partial charge in [0.25, 0.3) is 0 Å². The lowest BCUT2D eigenvalue weighted by molar-refractivity contribution is -0.107. The van der Waals surface area contributed by atoms with Crippen molar-refractivity contribution in [1.82, 2.24) is 15.0 Å². The Morgan fingerprint density at radius 3 is 2.72 bits per heavy atom. The largest absolute Gasteiger partial charge is 0.384 e. The van der Waals surface area contributed by atoms with Crippen LogP contribution in [0.5, 0.6) is 0 Å². The molecule has 0 spiro atoms. The van der Waals surface area contributed by atoms with E-state index in [9.17, 15) is 19.4 Å². The lowest BCUT2D eigenvalue weighted by Gasteiger charge is -2.23. The summed E-state index contributed by atoms with van der Waals surface area (Å²) in [5, 5.41) is 23.3. The predicted molar refractivity (Wildman–Crippen MR) is 136 cm³/mol. The molecule has 0 amide bonds. The van der Waals surface area contributed by atoms with Crippen LogP contribution in [0.2, 0.25) is 0 Å². The lowest BCUT2D eigenvalue weighted by Crippen LogP contribution is -2.23. The van der Waals surface area contributed by atoms with E-state index in [0.717, 1.165) is 22.8 Å². The number of nitrogens with zero attached hydrogens (tertiary/aromatic N) is 1. The zero-order chi connectivity index (χ0) is 25.3. The first-order chi connectivity index (χ1) is 17.4.